The van der Waals surface area contributed by atoms with E-state index in [4.69, 9.17) is 5.73 Å². The van der Waals surface area contributed by atoms with Crippen LogP contribution in [-0.2, 0) is 0 Å². The predicted octanol–water partition coefficient (Wildman–Crippen LogP) is 3.52. The summed E-state index contributed by atoms with van der Waals surface area (Å²) in [6.45, 7) is 0. The number of rotatable bonds is 1. The third-order valence-electron chi connectivity index (χ3n) is 4.44. The van der Waals surface area contributed by atoms with Gasteiger partial charge in [0.1, 0.15) is 11.6 Å². The van der Waals surface area contributed by atoms with Gasteiger partial charge in [0.05, 0.1) is 22.8 Å². The second kappa shape index (κ2) is 4.30. The van der Waals surface area contributed by atoms with E-state index in [2.05, 4.69) is 14.5 Å². The highest BCUT2D eigenvalue weighted by Gasteiger charge is 2.28. The van der Waals surface area contributed by atoms with Crippen molar-refractivity contribution in [2.24, 2.45) is 5.73 Å². The van der Waals surface area contributed by atoms with E-state index in [1.165, 1.54) is 12.1 Å². The zero-order valence-corrected chi connectivity index (χ0v) is 12.1. The highest BCUT2D eigenvalue weighted by molar-refractivity contribution is 5.82. The van der Waals surface area contributed by atoms with E-state index in [0.29, 0.717) is 5.52 Å². The molecule has 0 radical (unpaired) electrons. The lowest BCUT2D eigenvalue weighted by Crippen LogP contribution is -2.07. The van der Waals surface area contributed by atoms with Crippen LogP contribution in [0.2, 0.25) is 0 Å². The lowest BCUT2D eigenvalue weighted by Gasteiger charge is -2.08. The molecule has 0 amide bonds. The van der Waals surface area contributed by atoms with Crippen LogP contribution in [0.1, 0.15) is 17.3 Å². The molecule has 5 rings (SSSR count). The number of hydrogen-bond acceptors (Lipinski definition) is 2. The van der Waals surface area contributed by atoms with Crippen molar-refractivity contribution >= 4 is 11.0 Å². The Kier molecular flexibility index (Phi) is 2.36. The molecule has 23 heavy (non-hydrogen) atoms. The normalized spacial score (nSPS) is 15.8. The Morgan fingerprint density at radius 1 is 1.13 bits per heavy atom. The van der Waals surface area contributed by atoms with E-state index in [0.717, 1.165) is 33.8 Å². The summed E-state index contributed by atoms with van der Waals surface area (Å²) in [5, 5.41) is 0. The molecule has 1 atom stereocenters. The number of nitrogens with one attached hydrogen (secondary N) is 1. The molecular formula is C18H13FN4. The smallest absolute Gasteiger partial charge is 0.140 e. The fraction of sp³-hybridized carbons (Fsp3) is 0.0556. The molecule has 1 aliphatic heterocycles. The molecule has 1 unspecified atom stereocenters. The Balaban J connectivity index is 1.79. The fourth-order valence-electron chi connectivity index (χ4n) is 3.39. The Labute approximate surface area is 131 Å². The summed E-state index contributed by atoms with van der Waals surface area (Å²) >= 11 is 0. The lowest BCUT2D eigenvalue weighted by molar-refractivity contribution is 0.629. The highest BCUT2D eigenvalue weighted by Crippen LogP contribution is 2.40. The predicted molar refractivity (Wildman–Crippen MR) is 86.8 cm³/mol. The molecule has 0 fully saturated rings. The number of halogens is 1. The molecule has 5 heteroatoms. The number of aromatic nitrogens is 3. The standard InChI is InChI=1S/C18H13FN4/c19-10-6-7-13-14(9-10)22-18(21-13)12-4-1-3-11-16(20)15-5-2-8-23(15)17(11)12/h1-9,16H,20H2,(H,21,22). The van der Waals surface area contributed by atoms with Gasteiger partial charge in [-0.15, -0.1) is 0 Å². The van der Waals surface area contributed by atoms with Gasteiger partial charge in [0.2, 0.25) is 0 Å². The molecular weight excluding hydrogens is 291 g/mol. The number of hydrogen-bond donors (Lipinski definition) is 2. The van der Waals surface area contributed by atoms with Gasteiger partial charge in [0.15, 0.2) is 0 Å². The number of benzene rings is 2. The topological polar surface area (TPSA) is 59.6 Å². The van der Waals surface area contributed by atoms with Crippen LogP contribution in [0.3, 0.4) is 0 Å². The van der Waals surface area contributed by atoms with Crippen LogP contribution in [-0.4, -0.2) is 14.5 Å². The summed E-state index contributed by atoms with van der Waals surface area (Å²) in [4.78, 5) is 7.82. The minimum atomic E-state index is -0.277. The molecule has 112 valence electrons. The number of nitrogens with zero attached hydrogens (tertiary/aromatic N) is 2. The zero-order chi connectivity index (χ0) is 15.6. The Morgan fingerprint density at radius 2 is 2.04 bits per heavy atom. The van der Waals surface area contributed by atoms with E-state index in [9.17, 15) is 4.39 Å². The van der Waals surface area contributed by atoms with Gasteiger partial charge in [-0.05, 0) is 42.0 Å². The van der Waals surface area contributed by atoms with E-state index in [1.54, 1.807) is 6.07 Å². The van der Waals surface area contributed by atoms with Crippen molar-refractivity contribution < 1.29 is 4.39 Å². The lowest BCUT2D eigenvalue weighted by atomic mass is 10.0. The van der Waals surface area contributed by atoms with Gasteiger partial charge in [0.25, 0.3) is 0 Å². The molecule has 0 aliphatic carbocycles. The zero-order valence-electron chi connectivity index (χ0n) is 12.1. The maximum absolute atomic E-state index is 13.4. The van der Waals surface area contributed by atoms with E-state index in [-0.39, 0.29) is 11.9 Å². The minimum absolute atomic E-state index is 0.137. The first kappa shape index (κ1) is 12.6. The number of imidazole rings is 1. The Hall–Kier alpha value is -2.92. The van der Waals surface area contributed by atoms with Crippen molar-refractivity contribution in [1.82, 2.24) is 14.5 Å². The van der Waals surface area contributed by atoms with E-state index < -0.39 is 0 Å². The Morgan fingerprint density at radius 3 is 2.96 bits per heavy atom. The summed E-state index contributed by atoms with van der Waals surface area (Å²) < 4.78 is 15.5. The number of para-hydroxylation sites is 1. The first-order chi connectivity index (χ1) is 11.2. The number of nitrogens with two attached hydrogens (primary N) is 1. The van der Waals surface area contributed by atoms with Crippen molar-refractivity contribution in [2.45, 2.75) is 6.04 Å². The summed E-state index contributed by atoms with van der Waals surface area (Å²) in [5.74, 6) is 0.442. The number of H-pyrrole nitrogens is 1. The van der Waals surface area contributed by atoms with Gasteiger partial charge in [-0.25, -0.2) is 9.37 Å². The van der Waals surface area contributed by atoms with Crippen LogP contribution in [0.25, 0.3) is 28.1 Å². The van der Waals surface area contributed by atoms with Gasteiger partial charge in [-0.3, -0.25) is 0 Å². The van der Waals surface area contributed by atoms with E-state index in [1.807, 2.05) is 36.5 Å². The summed E-state index contributed by atoms with van der Waals surface area (Å²) in [7, 11) is 0. The van der Waals surface area contributed by atoms with Crippen LogP contribution in [0.5, 0.6) is 0 Å². The third-order valence-corrected chi connectivity index (χ3v) is 4.44. The molecule has 4 aromatic rings. The van der Waals surface area contributed by atoms with Crippen molar-refractivity contribution in [2.75, 3.05) is 0 Å². The summed E-state index contributed by atoms with van der Waals surface area (Å²) in [6, 6.07) is 14.5. The van der Waals surface area contributed by atoms with E-state index >= 15 is 0 Å². The van der Waals surface area contributed by atoms with Gasteiger partial charge in [-0.1, -0.05) is 12.1 Å². The maximum atomic E-state index is 13.4. The Bertz CT molecular complexity index is 1060. The first-order valence-corrected chi connectivity index (χ1v) is 7.44. The summed E-state index contributed by atoms with van der Waals surface area (Å²) in [5.41, 5.74) is 11.9. The van der Waals surface area contributed by atoms with Gasteiger partial charge < -0.3 is 15.3 Å². The molecule has 1 aliphatic rings. The van der Waals surface area contributed by atoms with Gasteiger partial charge in [-0.2, -0.15) is 0 Å². The first-order valence-electron chi connectivity index (χ1n) is 7.44. The average molecular weight is 304 g/mol. The molecule has 3 heterocycles. The van der Waals surface area contributed by atoms with Crippen LogP contribution in [0, 0.1) is 5.82 Å². The van der Waals surface area contributed by atoms with Crippen LogP contribution in [0.4, 0.5) is 4.39 Å². The largest absolute Gasteiger partial charge is 0.338 e. The molecule has 3 N–H and O–H groups in total. The SMILES string of the molecule is NC1c2cccc(-c3nc4ccc(F)cc4[nH]3)c2-n2cccc21. The number of fused-ring (bicyclic) bond motifs is 4. The average Bonchev–Trinajstić information content (AvgIpc) is 3.24. The summed E-state index contributed by atoms with van der Waals surface area (Å²) in [6.07, 6.45) is 2.01. The maximum Gasteiger partial charge on any atom is 0.140 e. The molecule has 0 bridgehead atoms. The highest BCUT2D eigenvalue weighted by atomic mass is 19.1. The van der Waals surface area contributed by atoms with Crippen LogP contribution in [0.15, 0.2) is 54.7 Å². The van der Waals surface area contributed by atoms with Crippen molar-refractivity contribution in [3.63, 3.8) is 0 Å². The van der Waals surface area contributed by atoms with Gasteiger partial charge >= 0.3 is 0 Å². The molecule has 2 aromatic heterocycles. The number of aromatic amines is 1. The molecule has 0 saturated heterocycles. The quantitative estimate of drug-likeness (QED) is 0.565. The molecule has 4 nitrogen and oxygen atoms in total. The second-order valence-electron chi connectivity index (χ2n) is 5.77. The third kappa shape index (κ3) is 1.65. The molecule has 0 spiro atoms. The van der Waals surface area contributed by atoms with Crippen molar-refractivity contribution in [3.05, 3.63) is 71.8 Å². The molecule has 0 saturated carbocycles. The van der Waals surface area contributed by atoms with Crippen LogP contribution < -0.4 is 5.73 Å². The fourth-order valence-corrected chi connectivity index (χ4v) is 3.39. The minimum Gasteiger partial charge on any atom is -0.338 e. The molecule has 2 aromatic carbocycles. The second-order valence-corrected chi connectivity index (χ2v) is 5.77. The van der Waals surface area contributed by atoms with Crippen molar-refractivity contribution in [3.8, 4) is 17.1 Å². The van der Waals surface area contributed by atoms with Crippen molar-refractivity contribution in [1.29, 1.82) is 0 Å². The monoisotopic (exact) mass is 304 g/mol. The van der Waals surface area contributed by atoms with Crippen LogP contribution >= 0.6 is 0 Å². The van der Waals surface area contributed by atoms with Gasteiger partial charge in [0, 0.05) is 17.5 Å².